The number of benzene rings is 2. The fourth-order valence-electron chi connectivity index (χ4n) is 3.82. The predicted octanol–water partition coefficient (Wildman–Crippen LogP) is 4.09. The molecule has 2 aromatic carbocycles. The molecule has 0 bridgehead atoms. The summed E-state index contributed by atoms with van der Waals surface area (Å²) in [6, 6.07) is 15.1. The maximum atomic E-state index is 13.2. The summed E-state index contributed by atoms with van der Waals surface area (Å²) in [5.41, 5.74) is 3.54. The Morgan fingerprint density at radius 2 is 1.97 bits per heavy atom. The fraction of sp³-hybridized carbons (Fsp3) is 0.273. The molecule has 6 nitrogen and oxygen atoms in total. The van der Waals surface area contributed by atoms with Crippen molar-refractivity contribution in [2.45, 2.75) is 17.4 Å². The van der Waals surface area contributed by atoms with Crippen molar-refractivity contribution < 1.29 is 14.6 Å². The molecule has 1 aromatic heterocycles. The van der Waals surface area contributed by atoms with Gasteiger partial charge in [-0.1, -0.05) is 24.3 Å². The van der Waals surface area contributed by atoms with Gasteiger partial charge in [-0.2, -0.15) is 5.10 Å². The smallest absolute Gasteiger partial charge is 0.273 e. The Balaban J connectivity index is 1.82. The number of H-pyrrole nitrogens is 1. The molecule has 0 aliphatic carbocycles. The van der Waals surface area contributed by atoms with Gasteiger partial charge >= 0.3 is 0 Å². The second-order valence-electron chi connectivity index (χ2n) is 6.90. The molecule has 7 heteroatoms. The van der Waals surface area contributed by atoms with Gasteiger partial charge in [0.15, 0.2) is 0 Å². The summed E-state index contributed by atoms with van der Waals surface area (Å²) in [6.07, 6.45) is 2.78. The highest BCUT2D eigenvalue weighted by atomic mass is 32.2. The fourth-order valence-corrected chi connectivity index (χ4v) is 4.23. The number of aromatic hydroxyl groups is 1. The van der Waals surface area contributed by atoms with Crippen LogP contribution in [0.15, 0.2) is 53.4 Å². The minimum Gasteiger partial charge on any atom is -0.507 e. The van der Waals surface area contributed by atoms with E-state index < -0.39 is 0 Å². The lowest BCUT2D eigenvalue weighted by Crippen LogP contribution is -2.31. The van der Waals surface area contributed by atoms with Crippen LogP contribution < -0.4 is 0 Å². The van der Waals surface area contributed by atoms with E-state index in [4.69, 9.17) is 4.74 Å². The summed E-state index contributed by atoms with van der Waals surface area (Å²) < 4.78 is 5.18. The zero-order valence-corrected chi connectivity index (χ0v) is 17.2. The first-order valence-electron chi connectivity index (χ1n) is 9.46. The topological polar surface area (TPSA) is 78.5 Å². The molecule has 3 aromatic rings. The van der Waals surface area contributed by atoms with E-state index in [-0.39, 0.29) is 17.7 Å². The average molecular weight is 410 g/mol. The van der Waals surface area contributed by atoms with Crippen molar-refractivity contribution in [1.29, 1.82) is 0 Å². The molecule has 1 amide bonds. The molecular weight excluding hydrogens is 386 g/mol. The quantitative estimate of drug-likeness (QED) is 0.454. The van der Waals surface area contributed by atoms with Crippen LogP contribution in [0.2, 0.25) is 0 Å². The molecule has 0 spiro atoms. The number of ether oxygens (including phenoxy) is 1. The number of methoxy groups -OCH3 is 1. The molecule has 0 fully saturated rings. The monoisotopic (exact) mass is 409 g/mol. The van der Waals surface area contributed by atoms with E-state index in [2.05, 4.69) is 34.5 Å². The van der Waals surface area contributed by atoms with Crippen LogP contribution in [0.4, 0.5) is 0 Å². The molecule has 0 saturated carbocycles. The van der Waals surface area contributed by atoms with Crippen molar-refractivity contribution in [1.82, 2.24) is 15.1 Å². The van der Waals surface area contributed by atoms with Gasteiger partial charge in [-0.15, -0.1) is 11.8 Å². The zero-order valence-electron chi connectivity index (χ0n) is 16.4. The number of fused-ring (bicyclic) bond motifs is 1. The second-order valence-corrected chi connectivity index (χ2v) is 7.78. The first-order chi connectivity index (χ1) is 14.2. The number of nitrogens with zero attached hydrogens (tertiary/aromatic N) is 2. The summed E-state index contributed by atoms with van der Waals surface area (Å²) >= 11 is 1.68. The number of para-hydroxylation sites is 1. The molecule has 29 heavy (non-hydrogen) atoms. The number of hydrogen-bond donors (Lipinski definition) is 2. The number of aromatic amines is 1. The number of hydrogen-bond acceptors (Lipinski definition) is 5. The van der Waals surface area contributed by atoms with Gasteiger partial charge in [-0.05, 0) is 42.5 Å². The van der Waals surface area contributed by atoms with Crippen LogP contribution >= 0.6 is 11.8 Å². The highest BCUT2D eigenvalue weighted by molar-refractivity contribution is 7.98. The van der Waals surface area contributed by atoms with Crippen molar-refractivity contribution in [3.63, 3.8) is 0 Å². The van der Waals surface area contributed by atoms with Crippen molar-refractivity contribution in [3.8, 4) is 17.0 Å². The summed E-state index contributed by atoms with van der Waals surface area (Å²) in [4.78, 5) is 16.2. The molecule has 1 atom stereocenters. The molecule has 1 aliphatic heterocycles. The highest BCUT2D eigenvalue weighted by Gasteiger charge is 2.42. The van der Waals surface area contributed by atoms with Crippen molar-refractivity contribution >= 4 is 17.7 Å². The maximum absolute atomic E-state index is 13.2. The SMILES string of the molecule is COCCCN1C(=O)c2[nH]nc(-c3ccccc3O)c2[C@H]1c1ccc(SC)cc1. The normalized spacial score (nSPS) is 15.7. The van der Waals surface area contributed by atoms with Crippen LogP contribution in [0, 0.1) is 0 Å². The predicted molar refractivity (Wildman–Crippen MR) is 113 cm³/mol. The second kappa shape index (κ2) is 8.31. The lowest BCUT2D eigenvalue weighted by Gasteiger charge is -2.26. The molecule has 2 heterocycles. The van der Waals surface area contributed by atoms with Crippen LogP contribution in [0.25, 0.3) is 11.3 Å². The third-order valence-corrected chi connectivity index (χ3v) is 5.95. The van der Waals surface area contributed by atoms with Crippen molar-refractivity contribution in [2.24, 2.45) is 0 Å². The Kier molecular flexibility index (Phi) is 5.60. The summed E-state index contributed by atoms with van der Waals surface area (Å²) in [7, 11) is 1.66. The van der Waals surface area contributed by atoms with Crippen LogP contribution in [0.5, 0.6) is 5.75 Å². The number of amides is 1. The van der Waals surface area contributed by atoms with Gasteiger partial charge in [-0.3, -0.25) is 9.89 Å². The van der Waals surface area contributed by atoms with Gasteiger partial charge in [0.2, 0.25) is 0 Å². The van der Waals surface area contributed by atoms with E-state index in [0.29, 0.717) is 30.1 Å². The van der Waals surface area contributed by atoms with Gasteiger partial charge in [-0.25, -0.2) is 0 Å². The van der Waals surface area contributed by atoms with E-state index in [9.17, 15) is 9.90 Å². The minimum atomic E-state index is -0.265. The molecule has 0 unspecified atom stereocenters. The Morgan fingerprint density at radius 3 is 2.66 bits per heavy atom. The third kappa shape index (κ3) is 3.52. The lowest BCUT2D eigenvalue weighted by molar-refractivity contribution is 0.0723. The van der Waals surface area contributed by atoms with Crippen molar-refractivity contribution in [2.75, 3.05) is 26.5 Å². The first kappa shape index (κ1) is 19.5. The Morgan fingerprint density at radius 1 is 1.21 bits per heavy atom. The highest BCUT2D eigenvalue weighted by Crippen LogP contribution is 2.44. The number of phenolic OH excluding ortho intramolecular Hbond substituents is 1. The Hall–Kier alpha value is -2.77. The van der Waals surface area contributed by atoms with Gasteiger partial charge in [0.05, 0.1) is 6.04 Å². The molecule has 2 N–H and O–H groups in total. The van der Waals surface area contributed by atoms with Crippen LogP contribution in [0.1, 0.15) is 34.1 Å². The number of carbonyl (C=O) groups is 1. The van der Waals surface area contributed by atoms with E-state index in [1.54, 1.807) is 31.0 Å². The number of rotatable bonds is 7. The van der Waals surface area contributed by atoms with Gasteiger partial charge in [0.25, 0.3) is 5.91 Å². The Labute approximate surface area is 173 Å². The molecule has 0 saturated heterocycles. The minimum absolute atomic E-state index is 0.0794. The van der Waals surface area contributed by atoms with Crippen LogP contribution in [0.3, 0.4) is 0 Å². The number of carbonyl (C=O) groups excluding carboxylic acids is 1. The summed E-state index contributed by atoms with van der Waals surface area (Å²) in [6.45, 7) is 1.16. The van der Waals surface area contributed by atoms with E-state index in [1.165, 1.54) is 0 Å². The number of aromatic nitrogens is 2. The maximum Gasteiger partial charge on any atom is 0.273 e. The molecule has 0 radical (unpaired) electrons. The first-order valence-corrected chi connectivity index (χ1v) is 10.7. The van der Waals surface area contributed by atoms with Crippen LogP contribution in [-0.2, 0) is 4.74 Å². The standard InChI is InChI=1S/C22H23N3O3S/c1-28-13-5-12-25-21(14-8-10-15(29-2)11-9-14)18-19(23-24-20(18)22(25)27)16-6-3-4-7-17(16)26/h3-4,6-11,21,26H,5,12-13H2,1-2H3,(H,23,24)/t21-/m1/s1. The zero-order chi connectivity index (χ0) is 20.4. The third-order valence-electron chi connectivity index (χ3n) is 5.20. The Bertz CT molecular complexity index is 1020. The molecule has 150 valence electrons. The van der Waals surface area contributed by atoms with Gasteiger partial charge in [0.1, 0.15) is 17.1 Å². The van der Waals surface area contributed by atoms with E-state index in [0.717, 1.165) is 22.4 Å². The number of nitrogens with one attached hydrogen (secondary N) is 1. The van der Waals surface area contributed by atoms with Gasteiger partial charge in [0, 0.05) is 36.3 Å². The van der Waals surface area contributed by atoms with Gasteiger partial charge < -0.3 is 14.7 Å². The number of thioether (sulfide) groups is 1. The largest absolute Gasteiger partial charge is 0.507 e. The number of phenols is 1. The van der Waals surface area contributed by atoms with Crippen molar-refractivity contribution in [3.05, 3.63) is 65.4 Å². The molecule has 1 aliphatic rings. The lowest BCUT2D eigenvalue weighted by atomic mass is 9.95. The average Bonchev–Trinajstić information content (AvgIpc) is 3.28. The van der Waals surface area contributed by atoms with E-state index >= 15 is 0 Å². The summed E-state index contributed by atoms with van der Waals surface area (Å²) in [5.74, 6) is 0.0628. The summed E-state index contributed by atoms with van der Waals surface area (Å²) in [5, 5.41) is 17.7. The van der Waals surface area contributed by atoms with E-state index in [1.807, 2.05) is 23.3 Å². The molecule has 4 rings (SSSR count). The van der Waals surface area contributed by atoms with Crippen LogP contribution in [-0.4, -0.2) is 52.6 Å². The molecular formula is C22H23N3O3S.